The lowest BCUT2D eigenvalue weighted by atomic mass is 9.95. The van der Waals surface area contributed by atoms with Gasteiger partial charge >= 0.3 is 0 Å². The maximum Gasteiger partial charge on any atom is 0.223 e. The Labute approximate surface area is 158 Å². The molecule has 4 nitrogen and oxygen atoms in total. The summed E-state index contributed by atoms with van der Waals surface area (Å²) in [6, 6.07) is 5.55. The zero-order chi connectivity index (χ0) is 17.8. The average Bonchev–Trinajstić information content (AvgIpc) is 2.91. The number of benzene rings is 1. The van der Waals surface area contributed by atoms with Crippen LogP contribution in [0.3, 0.4) is 0 Å². The van der Waals surface area contributed by atoms with Gasteiger partial charge in [-0.15, -0.1) is 0 Å². The number of amides is 2. The molecule has 0 spiro atoms. The van der Waals surface area contributed by atoms with E-state index in [0.717, 1.165) is 24.8 Å². The largest absolute Gasteiger partial charge is 0.353 e. The highest BCUT2D eigenvalue weighted by Crippen LogP contribution is 2.28. The highest BCUT2D eigenvalue weighted by Gasteiger charge is 2.33. The molecule has 136 valence electrons. The molecule has 1 N–H and O–H groups in total. The normalized spacial score (nSPS) is 21.6. The first-order valence-electron chi connectivity index (χ1n) is 9.05. The molecule has 0 radical (unpaired) electrons. The van der Waals surface area contributed by atoms with E-state index in [4.69, 9.17) is 23.2 Å². The maximum absolute atomic E-state index is 12.4. The predicted molar refractivity (Wildman–Crippen MR) is 99.7 cm³/mol. The van der Waals surface area contributed by atoms with Crippen molar-refractivity contribution in [3.63, 3.8) is 0 Å². The molecular formula is C19H24Cl2N2O2. The molecular weight excluding hydrogens is 359 g/mol. The van der Waals surface area contributed by atoms with E-state index in [2.05, 4.69) is 5.32 Å². The van der Waals surface area contributed by atoms with Gasteiger partial charge in [0, 0.05) is 41.5 Å². The van der Waals surface area contributed by atoms with E-state index in [9.17, 15) is 9.59 Å². The molecule has 2 amide bonds. The van der Waals surface area contributed by atoms with Crippen LogP contribution in [0.1, 0.15) is 56.9 Å². The Morgan fingerprint density at radius 2 is 1.92 bits per heavy atom. The molecule has 2 fully saturated rings. The smallest absolute Gasteiger partial charge is 0.223 e. The number of halogens is 2. The lowest BCUT2D eigenvalue weighted by molar-refractivity contribution is -0.130. The molecule has 1 aromatic rings. The number of carbonyl (C=O) groups is 2. The monoisotopic (exact) mass is 382 g/mol. The first kappa shape index (κ1) is 18.5. The fraction of sp³-hybridized carbons (Fsp3) is 0.579. The molecule has 3 rings (SSSR count). The first-order chi connectivity index (χ1) is 12.0. The van der Waals surface area contributed by atoms with E-state index in [0.29, 0.717) is 35.5 Å². The highest BCUT2D eigenvalue weighted by molar-refractivity contribution is 6.35. The van der Waals surface area contributed by atoms with Gasteiger partial charge in [0.1, 0.15) is 0 Å². The molecule has 1 aromatic carbocycles. The second-order valence-electron chi connectivity index (χ2n) is 7.06. The number of nitrogens with one attached hydrogen (secondary N) is 1. The van der Waals surface area contributed by atoms with Gasteiger partial charge in [-0.2, -0.15) is 0 Å². The highest BCUT2D eigenvalue weighted by atomic mass is 35.5. The van der Waals surface area contributed by atoms with E-state index in [1.54, 1.807) is 17.0 Å². The van der Waals surface area contributed by atoms with Crippen LogP contribution in [0.5, 0.6) is 0 Å². The summed E-state index contributed by atoms with van der Waals surface area (Å²) in [4.78, 5) is 26.4. The lowest BCUT2D eigenvalue weighted by Crippen LogP contribution is -2.41. The van der Waals surface area contributed by atoms with Crippen LogP contribution in [0.25, 0.3) is 0 Å². The lowest BCUT2D eigenvalue weighted by Gasteiger charge is -2.27. The van der Waals surface area contributed by atoms with Crippen LogP contribution in [0.4, 0.5) is 0 Å². The van der Waals surface area contributed by atoms with Gasteiger partial charge in [0.15, 0.2) is 0 Å². The second kappa shape index (κ2) is 8.41. The summed E-state index contributed by atoms with van der Waals surface area (Å²) in [7, 11) is 0. The Kier molecular flexibility index (Phi) is 6.24. The quantitative estimate of drug-likeness (QED) is 0.823. The first-order valence-corrected chi connectivity index (χ1v) is 9.81. The van der Waals surface area contributed by atoms with Gasteiger partial charge in [0.2, 0.25) is 11.8 Å². The van der Waals surface area contributed by atoms with Gasteiger partial charge in [-0.3, -0.25) is 9.59 Å². The van der Waals surface area contributed by atoms with Crippen LogP contribution in [-0.2, 0) is 16.1 Å². The Hall–Kier alpha value is -1.26. The fourth-order valence-corrected chi connectivity index (χ4v) is 4.27. The molecule has 0 aromatic heterocycles. The molecule has 6 heteroatoms. The van der Waals surface area contributed by atoms with Crippen molar-refractivity contribution in [1.82, 2.24) is 10.2 Å². The minimum atomic E-state index is -0.0529. The fourth-order valence-electron chi connectivity index (χ4n) is 3.80. The number of nitrogens with zero attached hydrogens (tertiary/aromatic N) is 1. The number of hydrogen-bond acceptors (Lipinski definition) is 2. The van der Waals surface area contributed by atoms with Gasteiger partial charge in [0.05, 0.1) is 0 Å². The van der Waals surface area contributed by atoms with Crippen LogP contribution in [-0.4, -0.2) is 28.8 Å². The van der Waals surface area contributed by atoms with E-state index in [1.165, 1.54) is 19.3 Å². The van der Waals surface area contributed by atoms with Gasteiger partial charge in [-0.05, 0) is 37.0 Å². The molecule has 1 aliphatic heterocycles. The van der Waals surface area contributed by atoms with E-state index >= 15 is 0 Å². The standard InChI is InChI=1S/C19H24Cl2N2O2/c20-14-7-6-13(17(21)10-14)12-23-16(8-9-19(23)25)11-18(24)22-15-4-2-1-3-5-15/h6-7,10,15-16H,1-5,8-9,11-12H2,(H,22,24). The Morgan fingerprint density at radius 3 is 2.64 bits per heavy atom. The van der Waals surface area contributed by atoms with Gasteiger partial charge in [-0.25, -0.2) is 0 Å². The summed E-state index contributed by atoms with van der Waals surface area (Å²) in [5.41, 5.74) is 0.860. The third-order valence-corrected chi connectivity index (χ3v) is 5.79. The third-order valence-electron chi connectivity index (χ3n) is 5.20. The molecule has 2 aliphatic rings. The van der Waals surface area contributed by atoms with Crippen molar-refractivity contribution in [2.45, 2.75) is 70.0 Å². The molecule has 1 heterocycles. The number of carbonyl (C=O) groups excluding carboxylic acids is 2. The number of hydrogen-bond donors (Lipinski definition) is 1. The summed E-state index contributed by atoms with van der Waals surface area (Å²) in [5.74, 6) is 0.139. The maximum atomic E-state index is 12.4. The Balaban J connectivity index is 1.60. The minimum absolute atomic E-state index is 0.0529. The van der Waals surface area contributed by atoms with E-state index in [-0.39, 0.29) is 17.9 Å². The molecule has 1 aliphatic carbocycles. The topological polar surface area (TPSA) is 49.4 Å². The average molecular weight is 383 g/mol. The summed E-state index contributed by atoms with van der Waals surface area (Å²) in [6.45, 7) is 0.427. The molecule has 1 saturated carbocycles. The molecule has 1 unspecified atom stereocenters. The summed E-state index contributed by atoms with van der Waals surface area (Å²) < 4.78 is 0. The zero-order valence-corrected chi connectivity index (χ0v) is 15.8. The van der Waals surface area contributed by atoms with Crippen LogP contribution in [0.2, 0.25) is 10.0 Å². The van der Waals surface area contributed by atoms with Crippen molar-refractivity contribution >= 4 is 35.0 Å². The summed E-state index contributed by atoms with van der Waals surface area (Å²) >= 11 is 12.2. The molecule has 1 saturated heterocycles. The Morgan fingerprint density at radius 1 is 1.16 bits per heavy atom. The number of rotatable bonds is 5. The molecule has 1 atom stereocenters. The third kappa shape index (κ3) is 4.89. The molecule has 0 bridgehead atoms. The van der Waals surface area contributed by atoms with Crippen molar-refractivity contribution in [1.29, 1.82) is 0 Å². The van der Waals surface area contributed by atoms with Crippen LogP contribution < -0.4 is 5.32 Å². The van der Waals surface area contributed by atoms with Crippen LogP contribution >= 0.6 is 23.2 Å². The van der Waals surface area contributed by atoms with Gasteiger partial charge in [-0.1, -0.05) is 48.5 Å². The van der Waals surface area contributed by atoms with Crippen molar-refractivity contribution < 1.29 is 9.59 Å². The van der Waals surface area contributed by atoms with Crippen LogP contribution in [0, 0.1) is 0 Å². The predicted octanol–water partition coefficient (Wildman–Crippen LogP) is 4.32. The molecule has 25 heavy (non-hydrogen) atoms. The number of likely N-dealkylation sites (tertiary alicyclic amines) is 1. The SMILES string of the molecule is O=C(CC1CCC(=O)N1Cc1ccc(Cl)cc1Cl)NC1CCCCC1. The zero-order valence-electron chi connectivity index (χ0n) is 14.3. The van der Waals surface area contributed by atoms with Crippen molar-refractivity contribution in [3.05, 3.63) is 33.8 Å². The second-order valence-corrected chi connectivity index (χ2v) is 7.90. The van der Waals surface area contributed by atoms with E-state index in [1.807, 2.05) is 6.07 Å². The van der Waals surface area contributed by atoms with Crippen molar-refractivity contribution in [2.75, 3.05) is 0 Å². The van der Waals surface area contributed by atoms with Crippen LogP contribution in [0.15, 0.2) is 18.2 Å². The van der Waals surface area contributed by atoms with Crippen molar-refractivity contribution in [2.24, 2.45) is 0 Å². The Bertz CT molecular complexity index is 644. The van der Waals surface area contributed by atoms with E-state index < -0.39 is 0 Å². The van der Waals surface area contributed by atoms with Crippen molar-refractivity contribution in [3.8, 4) is 0 Å². The summed E-state index contributed by atoms with van der Waals surface area (Å²) in [5, 5.41) is 4.27. The minimum Gasteiger partial charge on any atom is -0.353 e. The van der Waals surface area contributed by atoms with Gasteiger partial charge in [0.25, 0.3) is 0 Å². The summed E-state index contributed by atoms with van der Waals surface area (Å²) in [6.07, 6.45) is 7.36. The van der Waals surface area contributed by atoms with Gasteiger partial charge < -0.3 is 10.2 Å².